The van der Waals surface area contributed by atoms with E-state index >= 15 is 0 Å². The molecule has 0 nitrogen and oxygen atoms in total. The van der Waals surface area contributed by atoms with Crippen molar-refractivity contribution in [1.82, 2.24) is 0 Å². The summed E-state index contributed by atoms with van der Waals surface area (Å²) in [6.45, 7) is 4.37. The average molecular weight is 521 g/mol. The van der Waals surface area contributed by atoms with E-state index < -0.39 is 15.3 Å². The van der Waals surface area contributed by atoms with Gasteiger partial charge in [-0.25, -0.2) is 0 Å². The Kier molecular flexibility index (Phi) is 4.43. The molecule has 0 amide bonds. The molecule has 0 bridgehead atoms. The van der Waals surface area contributed by atoms with E-state index in [1.807, 2.05) is 0 Å². The Morgan fingerprint density at radius 1 is 0.706 bits per heavy atom. The predicted molar refractivity (Wildman–Crippen MR) is 79.5 cm³/mol. The summed E-state index contributed by atoms with van der Waals surface area (Å²) in [5, 5.41) is 0. The van der Waals surface area contributed by atoms with Crippen LogP contribution >= 0.6 is 24.6 Å². The van der Waals surface area contributed by atoms with Gasteiger partial charge in [-0.15, -0.1) is 0 Å². The topological polar surface area (TPSA) is 0 Å². The second kappa shape index (κ2) is 5.50. The minimum atomic E-state index is -2.89. The second-order valence-electron chi connectivity index (χ2n) is 4.20. The summed E-state index contributed by atoms with van der Waals surface area (Å²) in [6.07, 6.45) is 0. The van der Waals surface area contributed by atoms with E-state index in [4.69, 9.17) is 0 Å². The van der Waals surface area contributed by atoms with Crippen molar-refractivity contribution in [2.45, 2.75) is 13.8 Å². The molecular weight excluding hydrogens is 506 g/mol. The summed E-state index contributed by atoms with van der Waals surface area (Å²) < 4.78 is 2.93. The molecule has 0 saturated carbocycles. The van der Waals surface area contributed by atoms with E-state index in [0.717, 1.165) is 0 Å². The molecule has 0 aromatic heterocycles. The van der Waals surface area contributed by atoms with Crippen molar-refractivity contribution in [2.24, 2.45) is 0 Å². The number of hydrogen-bond donors (Lipinski definition) is 0. The van der Waals surface area contributed by atoms with Gasteiger partial charge in [0.2, 0.25) is 0 Å². The van der Waals surface area contributed by atoms with Crippen molar-refractivity contribution < 1.29 is 15.3 Å². The van der Waals surface area contributed by atoms with Crippen LogP contribution < -0.4 is 6.64 Å². The van der Waals surface area contributed by atoms with Crippen LogP contribution in [0, 0.1) is 13.8 Å². The number of halogens is 2. The van der Waals surface area contributed by atoms with Gasteiger partial charge < -0.3 is 0 Å². The second-order valence-corrected chi connectivity index (χ2v) is 40.4. The standard InChI is InChI=1S/2C7H7.2BrH.Hf/c2*1-7-5-3-2-4-6-7;;;/h2*2-5H,1H3;2*1H;/q;;;;+2/p-2. The normalized spacial score (nSPS) is 11.5. The molecule has 0 unspecified atom stereocenters. The van der Waals surface area contributed by atoms with E-state index in [1.54, 1.807) is 0 Å². The zero-order valence-corrected chi connectivity index (χ0v) is 16.6. The fourth-order valence-electron chi connectivity index (χ4n) is 2.00. The molecule has 0 heterocycles. The van der Waals surface area contributed by atoms with Gasteiger partial charge in [-0.3, -0.25) is 0 Å². The average Bonchev–Trinajstić information content (AvgIpc) is 2.29. The Hall–Kier alpha value is 0.270. The molecule has 0 atom stereocenters. The third-order valence-corrected chi connectivity index (χ3v) is 25.8. The van der Waals surface area contributed by atoms with Crippen LogP contribution in [0.2, 0.25) is 0 Å². The first-order chi connectivity index (χ1) is 8.03. The molecule has 0 aliphatic heterocycles. The third-order valence-electron chi connectivity index (χ3n) is 2.97. The SMILES string of the molecule is Cc1cccc[c]1[Hf]([Br])([Br])[c]1ccccc1C. The molecule has 2 aromatic rings. The Morgan fingerprint density at radius 3 is 1.41 bits per heavy atom. The minimum absolute atomic E-state index is 1.37. The predicted octanol–water partition coefficient (Wildman–Crippen LogP) is 4.03. The summed E-state index contributed by atoms with van der Waals surface area (Å²) in [6, 6.07) is 17.3. The van der Waals surface area contributed by atoms with E-state index in [-0.39, 0.29) is 0 Å². The van der Waals surface area contributed by atoms with Gasteiger partial charge in [0.25, 0.3) is 0 Å². The molecule has 0 spiro atoms. The van der Waals surface area contributed by atoms with Crippen LogP contribution in [0.3, 0.4) is 0 Å². The van der Waals surface area contributed by atoms with Crippen LogP contribution in [0.1, 0.15) is 11.1 Å². The first kappa shape index (κ1) is 13.7. The molecular formula is C14H14Br2Hf. The van der Waals surface area contributed by atoms with Crippen LogP contribution in [0.5, 0.6) is 0 Å². The Morgan fingerprint density at radius 2 is 1.06 bits per heavy atom. The van der Waals surface area contributed by atoms with Crippen molar-refractivity contribution in [3.05, 3.63) is 59.7 Å². The summed E-state index contributed by atoms with van der Waals surface area (Å²) in [7, 11) is 0. The molecule has 0 aliphatic rings. The van der Waals surface area contributed by atoms with Crippen molar-refractivity contribution in [1.29, 1.82) is 0 Å². The van der Waals surface area contributed by atoms with E-state index in [2.05, 4.69) is 87.0 Å². The van der Waals surface area contributed by atoms with E-state index in [0.29, 0.717) is 0 Å². The quantitative estimate of drug-likeness (QED) is 0.525. The Balaban J connectivity index is 2.58. The van der Waals surface area contributed by atoms with Gasteiger partial charge in [-0.2, -0.15) is 0 Å². The number of rotatable bonds is 2. The maximum absolute atomic E-state index is 4.04. The van der Waals surface area contributed by atoms with Crippen LogP contribution in [0.4, 0.5) is 0 Å². The summed E-state index contributed by atoms with van der Waals surface area (Å²) in [4.78, 5) is 0. The summed E-state index contributed by atoms with van der Waals surface area (Å²) in [5.41, 5.74) is 2.73. The maximum atomic E-state index is 4.04. The monoisotopic (exact) mass is 520 g/mol. The molecule has 0 aliphatic carbocycles. The van der Waals surface area contributed by atoms with Crippen molar-refractivity contribution in [3.8, 4) is 0 Å². The van der Waals surface area contributed by atoms with E-state index in [1.165, 1.54) is 17.8 Å². The Labute approximate surface area is 119 Å². The van der Waals surface area contributed by atoms with Crippen molar-refractivity contribution in [3.63, 3.8) is 0 Å². The van der Waals surface area contributed by atoms with Crippen LogP contribution in [0.25, 0.3) is 0 Å². The number of hydrogen-bond acceptors (Lipinski definition) is 0. The molecule has 2 aromatic carbocycles. The number of aryl methyl sites for hydroxylation is 2. The molecule has 0 saturated heterocycles. The molecule has 0 radical (unpaired) electrons. The molecule has 2 rings (SSSR count). The van der Waals surface area contributed by atoms with Gasteiger partial charge in [0, 0.05) is 0 Å². The molecule has 17 heavy (non-hydrogen) atoms. The van der Waals surface area contributed by atoms with Gasteiger partial charge in [0.05, 0.1) is 0 Å². The van der Waals surface area contributed by atoms with Gasteiger partial charge in [-0.1, -0.05) is 0 Å². The molecule has 0 N–H and O–H groups in total. The molecule has 0 fully saturated rings. The summed E-state index contributed by atoms with van der Waals surface area (Å²) in [5.74, 6) is 0. The fraction of sp³-hybridized carbons (Fsp3) is 0.143. The van der Waals surface area contributed by atoms with Gasteiger partial charge >= 0.3 is 120 Å². The molecule has 3 heteroatoms. The fourth-order valence-corrected chi connectivity index (χ4v) is 24.0. The van der Waals surface area contributed by atoms with Gasteiger partial charge in [-0.05, 0) is 0 Å². The first-order valence-corrected chi connectivity index (χ1v) is 24.8. The third kappa shape index (κ3) is 2.82. The summed E-state index contributed by atoms with van der Waals surface area (Å²) >= 11 is 5.19. The van der Waals surface area contributed by atoms with Crippen molar-refractivity contribution in [2.75, 3.05) is 0 Å². The van der Waals surface area contributed by atoms with Crippen LogP contribution in [-0.2, 0) is 15.3 Å². The molecule has 88 valence electrons. The van der Waals surface area contributed by atoms with Crippen LogP contribution in [-0.4, -0.2) is 0 Å². The van der Waals surface area contributed by atoms with Gasteiger partial charge in [0.1, 0.15) is 0 Å². The first-order valence-electron chi connectivity index (χ1n) is 5.53. The Bertz CT molecular complexity index is 488. The van der Waals surface area contributed by atoms with E-state index in [9.17, 15) is 0 Å². The van der Waals surface area contributed by atoms with Crippen molar-refractivity contribution >= 4 is 31.2 Å². The zero-order valence-electron chi connectivity index (χ0n) is 9.87. The van der Waals surface area contributed by atoms with Gasteiger partial charge in [0.15, 0.2) is 0 Å². The number of benzene rings is 2. The zero-order chi connectivity index (χ0) is 12.5. The van der Waals surface area contributed by atoms with Crippen LogP contribution in [0.15, 0.2) is 48.5 Å².